The Labute approximate surface area is 138 Å². The second kappa shape index (κ2) is 5.25. The summed E-state index contributed by atoms with van der Waals surface area (Å²) in [4.78, 5) is 34.4. The van der Waals surface area contributed by atoms with Crippen LogP contribution < -0.4 is 10.9 Å². The first-order valence-corrected chi connectivity index (χ1v) is 8.45. The summed E-state index contributed by atoms with van der Waals surface area (Å²) in [7, 11) is 0. The van der Waals surface area contributed by atoms with Crippen molar-refractivity contribution in [3.8, 4) is 0 Å². The van der Waals surface area contributed by atoms with Gasteiger partial charge in [-0.05, 0) is 24.6 Å². The van der Waals surface area contributed by atoms with Crippen molar-refractivity contribution < 1.29 is 4.79 Å². The van der Waals surface area contributed by atoms with Crippen molar-refractivity contribution in [3.63, 3.8) is 0 Å². The van der Waals surface area contributed by atoms with E-state index in [1.165, 1.54) is 27.1 Å². The molecular formula is C15H10N4O2S2. The quantitative estimate of drug-likeness (QED) is 0.608. The van der Waals surface area contributed by atoms with Gasteiger partial charge in [-0.15, -0.1) is 22.7 Å². The molecule has 8 heteroatoms. The van der Waals surface area contributed by atoms with Crippen LogP contribution in [0.2, 0.25) is 0 Å². The highest BCUT2D eigenvalue weighted by Gasteiger charge is 2.16. The highest BCUT2D eigenvalue weighted by molar-refractivity contribution is 7.20. The van der Waals surface area contributed by atoms with Gasteiger partial charge in [-0.25, -0.2) is 9.97 Å². The number of nitrogens with zero attached hydrogens (tertiary/aromatic N) is 3. The van der Waals surface area contributed by atoms with E-state index < -0.39 is 0 Å². The Bertz CT molecular complexity index is 1100. The molecule has 0 saturated heterocycles. The number of hydrogen-bond donors (Lipinski definition) is 1. The van der Waals surface area contributed by atoms with E-state index in [1.54, 1.807) is 29.9 Å². The molecule has 0 bridgehead atoms. The number of thiazole rings is 1. The van der Waals surface area contributed by atoms with Crippen molar-refractivity contribution in [2.75, 3.05) is 5.32 Å². The lowest BCUT2D eigenvalue weighted by Crippen LogP contribution is -2.14. The van der Waals surface area contributed by atoms with Crippen LogP contribution in [-0.2, 0) is 0 Å². The van der Waals surface area contributed by atoms with Crippen LogP contribution in [0.5, 0.6) is 0 Å². The van der Waals surface area contributed by atoms with E-state index >= 15 is 0 Å². The molecule has 0 unspecified atom stereocenters. The number of nitrogens with one attached hydrogen (secondary N) is 1. The average Bonchev–Trinajstić information content (AvgIpc) is 3.18. The van der Waals surface area contributed by atoms with E-state index in [2.05, 4.69) is 15.3 Å². The largest absolute Gasteiger partial charge is 0.297 e. The third kappa shape index (κ3) is 2.32. The fourth-order valence-corrected chi connectivity index (χ4v) is 3.75. The van der Waals surface area contributed by atoms with Crippen LogP contribution in [0.3, 0.4) is 0 Å². The zero-order chi connectivity index (χ0) is 16.0. The lowest BCUT2D eigenvalue weighted by Gasteiger charge is -2.02. The van der Waals surface area contributed by atoms with E-state index in [0.717, 1.165) is 5.56 Å². The van der Waals surface area contributed by atoms with Gasteiger partial charge < -0.3 is 0 Å². The van der Waals surface area contributed by atoms with Crippen LogP contribution in [-0.4, -0.2) is 20.3 Å². The van der Waals surface area contributed by atoms with Gasteiger partial charge in [0.15, 0.2) is 5.13 Å². The molecule has 4 aromatic rings. The summed E-state index contributed by atoms with van der Waals surface area (Å²) in [6.45, 7) is 1.90. The van der Waals surface area contributed by atoms with Crippen molar-refractivity contribution in [2.45, 2.75) is 6.92 Å². The Balaban J connectivity index is 1.86. The Hall–Kier alpha value is -2.58. The van der Waals surface area contributed by atoms with Gasteiger partial charge in [-0.1, -0.05) is 6.07 Å². The Morgan fingerprint density at radius 3 is 3.04 bits per heavy atom. The molecule has 23 heavy (non-hydrogen) atoms. The standard InChI is InChI=1S/C15H10N4O2S2/c1-8-3-2-5-19-11(8)17-13-9(14(19)21)7-10(23-13)12(20)18-15-16-4-6-22-15/h2-7H,1H3,(H,16,18,20). The zero-order valence-electron chi connectivity index (χ0n) is 11.9. The molecule has 0 saturated carbocycles. The molecule has 4 aromatic heterocycles. The van der Waals surface area contributed by atoms with Gasteiger partial charge in [0.2, 0.25) is 0 Å². The second-order valence-corrected chi connectivity index (χ2v) is 6.85. The third-order valence-electron chi connectivity index (χ3n) is 3.41. The maximum atomic E-state index is 12.6. The first-order valence-electron chi connectivity index (χ1n) is 6.76. The van der Waals surface area contributed by atoms with Crippen LogP contribution in [0.15, 0.2) is 40.8 Å². The Kier molecular flexibility index (Phi) is 3.21. The predicted molar refractivity (Wildman–Crippen MR) is 91.6 cm³/mol. The molecular weight excluding hydrogens is 332 g/mol. The lowest BCUT2D eigenvalue weighted by atomic mass is 10.3. The second-order valence-electron chi connectivity index (χ2n) is 4.92. The van der Waals surface area contributed by atoms with Crippen molar-refractivity contribution >= 4 is 49.6 Å². The molecule has 0 radical (unpaired) electrons. The first kappa shape index (κ1) is 14.0. The zero-order valence-corrected chi connectivity index (χ0v) is 13.6. The number of amides is 1. The summed E-state index contributed by atoms with van der Waals surface area (Å²) in [5.74, 6) is -0.284. The summed E-state index contributed by atoms with van der Waals surface area (Å²) in [6.07, 6.45) is 3.30. The molecule has 6 nitrogen and oxygen atoms in total. The molecule has 4 rings (SSSR count). The summed E-state index contributed by atoms with van der Waals surface area (Å²) in [5.41, 5.74) is 1.35. The van der Waals surface area contributed by atoms with E-state index in [4.69, 9.17) is 0 Å². The normalized spacial score (nSPS) is 11.2. The number of fused-ring (bicyclic) bond motifs is 2. The van der Waals surface area contributed by atoms with Crippen molar-refractivity contribution in [1.29, 1.82) is 0 Å². The predicted octanol–water partition coefficient (Wildman–Crippen LogP) is 2.93. The van der Waals surface area contributed by atoms with Gasteiger partial charge in [-0.3, -0.25) is 19.3 Å². The molecule has 0 aromatic carbocycles. The molecule has 0 atom stereocenters. The molecule has 0 aliphatic heterocycles. The molecule has 0 aliphatic rings. The lowest BCUT2D eigenvalue weighted by molar-refractivity contribution is 0.103. The molecule has 0 aliphatic carbocycles. The van der Waals surface area contributed by atoms with Gasteiger partial charge >= 0.3 is 0 Å². The number of hydrogen-bond acceptors (Lipinski definition) is 6. The van der Waals surface area contributed by atoms with E-state index in [9.17, 15) is 9.59 Å². The van der Waals surface area contributed by atoms with Crippen LogP contribution >= 0.6 is 22.7 Å². The minimum atomic E-state index is -0.284. The van der Waals surface area contributed by atoms with Crippen molar-refractivity contribution in [1.82, 2.24) is 14.4 Å². The monoisotopic (exact) mass is 342 g/mol. The third-order valence-corrected chi connectivity index (χ3v) is 5.12. The highest BCUT2D eigenvalue weighted by Crippen LogP contribution is 2.24. The minimum Gasteiger partial charge on any atom is -0.297 e. The molecule has 4 heterocycles. The van der Waals surface area contributed by atoms with E-state index in [1.807, 2.05) is 13.0 Å². The van der Waals surface area contributed by atoms with Crippen molar-refractivity contribution in [3.05, 3.63) is 56.8 Å². The summed E-state index contributed by atoms with van der Waals surface area (Å²) in [6, 6.07) is 5.30. The number of thiophene rings is 1. The molecule has 1 N–H and O–H groups in total. The van der Waals surface area contributed by atoms with Crippen molar-refractivity contribution in [2.24, 2.45) is 0 Å². The Morgan fingerprint density at radius 1 is 1.39 bits per heavy atom. The number of carbonyl (C=O) groups is 1. The van der Waals surface area contributed by atoms with E-state index in [-0.39, 0.29) is 11.5 Å². The van der Waals surface area contributed by atoms with Crippen LogP contribution in [0.1, 0.15) is 15.2 Å². The topological polar surface area (TPSA) is 76.4 Å². The fraction of sp³-hybridized carbons (Fsp3) is 0.0667. The Morgan fingerprint density at radius 2 is 2.26 bits per heavy atom. The fourth-order valence-electron chi connectivity index (χ4n) is 2.31. The molecule has 1 amide bonds. The van der Waals surface area contributed by atoms with Gasteiger partial charge in [0.25, 0.3) is 11.5 Å². The SMILES string of the molecule is Cc1cccn2c(=O)c3cc(C(=O)Nc4nccs4)sc3nc12. The van der Waals surface area contributed by atoms with Gasteiger partial charge in [0, 0.05) is 17.8 Å². The van der Waals surface area contributed by atoms with Crippen LogP contribution in [0, 0.1) is 6.92 Å². The number of anilines is 1. The molecule has 0 fully saturated rings. The number of pyridine rings is 1. The number of rotatable bonds is 2. The number of carbonyl (C=O) groups excluding carboxylic acids is 1. The minimum absolute atomic E-state index is 0.168. The molecule has 0 spiro atoms. The van der Waals surface area contributed by atoms with Gasteiger partial charge in [0.1, 0.15) is 10.5 Å². The maximum absolute atomic E-state index is 12.6. The summed E-state index contributed by atoms with van der Waals surface area (Å²) < 4.78 is 1.51. The smallest absolute Gasteiger partial charge is 0.267 e. The highest BCUT2D eigenvalue weighted by atomic mass is 32.1. The molecule has 114 valence electrons. The average molecular weight is 342 g/mol. The summed E-state index contributed by atoms with van der Waals surface area (Å²) in [5, 5.41) is 5.47. The van der Waals surface area contributed by atoms with Crippen LogP contribution in [0.4, 0.5) is 5.13 Å². The number of aromatic nitrogens is 3. The first-order chi connectivity index (χ1) is 11.1. The van der Waals surface area contributed by atoms with Gasteiger partial charge in [-0.2, -0.15) is 0 Å². The van der Waals surface area contributed by atoms with Crippen LogP contribution in [0.25, 0.3) is 15.9 Å². The maximum Gasteiger partial charge on any atom is 0.267 e. The van der Waals surface area contributed by atoms with E-state index in [0.29, 0.717) is 25.9 Å². The van der Waals surface area contributed by atoms with Gasteiger partial charge in [0.05, 0.1) is 10.3 Å². The summed E-state index contributed by atoms with van der Waals surface area (Å²) >= 11 is 2.55. The number of aryl methyl sites for hydroxylation is 1.